The third-order valence-corrected chi connectivity index (χ3v) is 10.5. The molecule has 0 aliphatic heterocycles. The van der Waals surface area contributed by atoms with Crippen molar-refractivity contribution >= 4 is 8.07 Å². The van der Waals surface area contributed by atoms with Crippen LogP contribution in [-0.2, 0) is 0 Å². The van der Waals surface area contributed by atoms with Gasteiger partial charge in [0.15, 0.2) is 6.10 Å². The Bertz CT molecular complexity index is 364. The Hall–Kier alpha value is -0.483. The van der Waals surface area contributed by atoms with Gasteiger partial charge in [-0.15, -0.1) is 5.54 Å². The minimum atomic E-state index is -3.74. The lowest BCUT2D eigenvalue weighted by molar-refractivity contribution is -0.127. The zero-order chi connectivity index (χ0) is 17.0. The lowest BCUT2D eigenvalue weighted by atomic mass is 10.1. The SMILES string of the molecule is CC(C)[Si](C#CC(F)(F)[C@H](O)[C@H](O)CO)(C(C)C)C(C)C. The maximum Gasteiger partial charge on any atom is 0.335 e. The minimum Gasteiger partial charge on any atom is -0.394 e. The maximum absolute atomic E-state index is 13.9. The van der Waals surface area contributed by atoms with Crippen LogP contribution in [0.2, 0.25) is 16.6 Å². The van der Waals surface area contributed by atoms with E-state index >= 15 is 0 Å². The second kappa shape index (κ2) is 7.68. The molecular weight excluding hydrogens is 294 g/mol. The van der Waals surface area contributed by atoms with Gasteiger partial charge in [0.25, 0.3) is 0 Å². The summed E-state index contributed by atoms with van der Waals surface area (Å²) < 4.78 is 27.8. The lowest BCUT2D eigenvalue weighted by Gasteiger charge is -2.38. The average molecular weight is 322 g/mol. The number of alkyl halides is 2. The van der Waals surface area contributed by atoms with Gasteiger partial charge in [-0.1, -0.05) is 41.5 Å². The van der Waals surface area contributed by atoms with Gasteiger partial charge in [0.2, 0.25) is 0 Å². The maximum atomic E-state index is 13.9. The van der Waals surface area contributed by atoms with Crippen LogP contribution in [0.4, 0.5) is 8.78 Å². The first-order valence-corrected chi connectivity index (χ1v) is 9.55. The second-order valence-electron chi connectivity index (χ2n) is 6.46. The van der Waals surface area contributed by atoms with Gasteiger partial charge in [0.05, 0.1) is 6.61 Å². The van der Waals surface area contributed by atoms with Gasteiger partial charge in [-0.3, -0.25) is 0 Å². The van der Waals surface area contributed by atoms with Gasteiger partial charge in [0.1, 0.15) is 14.2 Å². The van der Waals surface area contributed by atoms with E-state index in [9.17, 15) is 19.0 Å². The molecule has 0 aliphatic rings. The van der Waals surface area contributed by atoms with E-state index in [1.807, 2.05) is 47.5 Å². The van der Waals surface area contributed by atoms with Crippen LogP contribution in [0.5, 0.6) is 0 Å². The number of hydrogen-bond acceptors (Lipinski definition) is 3. The number of rotatable bonds is 6. The predicted octanol–water partition coefficient (Wildman–Crippen LogP) is 2.56. The molecule has 0 spiro atoms. The summed E-state index contributed by atoms with van der Waals surface area (Å²) in [6, 6.07) is 0. The summed E-state index contributed by atoms with van der Waals surface area (Å²) in [5.41, 5.74) is 3.40. The van der Waals surface area contributed by atoms with Crippen molar-refractivity contribution in [2.24, 2.45) is 0 Å². The molecule has 0 aromatic carbocycles. The van der Waals surface area contributed by atoms with Gasteiger partial charge < -0.3 is 15.3 Å². The molecule has 124 valence electrons. The monoisotopic (exact) mass is 322 g/mol. The van der Waals surface area contributed by atoms with Gasteiger partial charge in [-0.2, -0.15) is 8.78 Å². The zero-order valence-corrected chi connectivity index (χ0v) is 14.7. The Kier molecular flexibility index (Phi) is 7.50. The molecule has 0 radical (unpaired) electrons. The van der Waals surface area contributed by atoms with Crippen molar-refractivity contribution in [3.8, 4) is 11.5 Å². The van der Waals surface area contributed by atoms with Crippen LogP contribution in [0, 0.1) is 11.5 Å². The van der Waals surface area contributed by atoms with Crippen molar-refractivity contribution in [1.82, 2.24) is 0 Å². The first-order chi connectivity index (χ1) is 9.43. The number of aliphatic hydroxyl groups is 3. The summed E-state index contributed by atoms with van der Waals surface area (Å²) in [5, 5.41) is 27.3. The summed E-state index contributed by atoms with van der Waals surface area (Å²) in [7, 11) is -2.32. The molecule has 0 unspecified atom stereocenters. The normalized spacial score (nSPS) is 16.1. The van der Waals surface area contributed by atoms with Gasteiger partial charge >= 0.3 is 5.92 Å². The highest BCUT2D eigenvalue weighted by Crippen LogP contribution is 2.41. The molecule has 0 heterocycles. The standard InChI is InChI=1S/C15H28F2O3Si/c1-10(2)21(11(3)4,12(5)6)8-7-15(16,17)14(20)13(19)9-18/h10-14,18-20H,9H2,1-6H3/t13-,14-/m1/s1. The molecule has 0 aliphatic carbocycles. The third kappa shape index (κ3) is 4.49. The van der Waals surface area contributed by atoms with Crippen LogP contribution in [0.15, 0.2) is 0 Å². The number of hydrogen-bond donors (Lipinski definition) is 3. The molecular formula is C15H28F2O3Si. The molecule has 3 nitrogen and oxygen atoms in total. The molecule has 3 N–H and O–H groups in total. The van der Waals surface area contributed by atoms with E-state index in [0.29, 0.717) is 0 Å². The first kappa shape index (κ1) is 20.5. The van der Waals surface area contributed by atoms with E-state index < -0.39 is 32.8 Å². The highest BCUT2D eigenvalue weighted by molar-refractivity contribution is 6.90. The molecule has 0 saturated carbocycles. The van der Waals surface area contributed by atoms with Gasteiger partial charge in [0, 0.05) is 0 Å². The summed E-state index contributed by atoms with van der Waals surface area (Å²) in [4.78, 5) is 0. The van der Waals surface area contributed by atoms with Crippen molar-refractivity contribution in [2.75, 3.05) is 6.61 Å². The van der Waals surface area contributed by atoms with Crippen LogP contribution in [0.1, 0.15) is 41.5 Å². The highest BCUT2D eigenvalue weighted by Gasteiger charge is 2.45. The fourth-order valence-electron chi connectivity index (χ4n) is 3.04. The van der Waals surface area contributed by atoms with Crippen molar-refractivity contribution < 1.29 is 24.1 Å². The summed E-state index contributed by atoms with van der Waals surface area (Å²) in [5.74, 6) is -1.82. The quantitative estimate of drug-likeness (QED) is 0.520. The fraction of sp³-hybridized carbons (Fsp3) is 0.867. The number of aliphatic hydroxyl groups excluding tert-OH is 3. The van der Waals surface area contributed by atoms with Gasteiger partial charge in [-0.05, 0) is 22.5 Å². The minimum absolute atomic E-state index is 0.195. The van der Waals surface area contributed by atoms with Crippen LogP contribution >= 0.6 is 0 Å². The van der Waals surface area contributed by atoms with Crippen LogP contribution < -0.4 is 0 Å². The van der Waals surface area contributed by atoms with Crippen molar-refractivity contribution in [3.05, 3.63) is 0 Å². The third-order valence-electron chi connectivity index (χ3n) is 4.23. The molecule has 0 fully saturated rings. The molecule has 2 atom stereocenters. The topological polar surface area (TPSA) is 60.7 Å². The van der Waals surface area contributed by atoms with Crippen LogP contribution in [-0.4, -0.2) is 48.1 Å². The van der Waals surface area contributed by atoms with Gasteiger partial charge in [-0.25, -0.2) is 0 Å². The summed E-state index contributed by atoms with van der Waals surface area (Å²) in [6.07, 6.45) is -4.28. The molecule has 0 aromatic rings. The summed E-state index contributed by atoms with van der Waals surface area (Å²) >= 11 is 0. The Morgan fingerprint density at radius 3 is 1.62 bits per heavy atom. The largest absolute Gasteiger partial charge is 0.394 e. The van der Waals surface area contributed by atoms with Crippen molar-refractivity contribution in [2.45, 2.75) is 76.3 Å². The lowest BCUT2D eigenvalue weighted by Crippen LogP contribution is -2.46. The predicted molar refractivity (Wildman–Crippen MR) is 82.9 cm³/mol. The Morgan fingerprint density at radius 2 is 1.33 bits per heavy atom. The van der Waals surface area contributed by atoms with Crippen LogP contribution in [0.3, 0.4) is 0 Å². The zero-order valence-electron chi connectivity index (χ0n) is 13.7. The average Bonchev–Trinajstić information content (AvgIpc) is 2.36. The first-order valence-electron chi connectivity index (χ1n) is 7.32. The molecule has 0 bridgehead atoms. The van der Waals surface area contributed by atoms with Crippen molar-refractivity contribution in [1.29, 1.82) is 0 Å². The van der Waals surface area contributed by atoms with E-state index in [2.05, 4.69) is 5.54 Å². The Morgan fingerprint density at radius 1 is 0.952 bits per heavy atom. The Balaban J connectivity index is 5.67. The van der Waals surface area contributed by atoms with E-state index in [1.165, 1.54) is 0 Å². The molecule has 0 amide bonds. The molecule has 0 saturated heterocycles. The molecule has 6 heteroatoms. The second-order valence-corrected chi connectivity index (χ2v) is 12.0. The van der Waals surface area contributed by atoms with E-state index in [-0.39, 0.29) is 16.6 Å². The van der Waals surface area contributed by atoms with Crippen LogP contribution in [0.25, 0.3) is 0 Å². The summed E-state index contributed by atoms with van der Waals surface area (Å²) in [6.45, 7) is 11.1. The molecule has 0 rings (SSSR count). The fourth-order valence-corrected chi connectivity index (χ4v) is 8.29. The smallest absolute Gasteiger partial charge is 0.335 e. The van der Waals surface area contributed by atoms with E-state index in [1.54, 1.807) is 0 Å². The van der Waals surface area contributed by atoms with E-state index in [0.717, 1.165) is 0 Å². The van der Waals surface area contributed by atoms with E-state index in [4.69, 9.17) is 5.11 Å². The van der Waals surface area contributed by atoms with Crippen molar-refractivity contribution in [3.63, 3.8) is 0 Å². The molecule has 0 aromatic heterocycles. The Labute approximate surface area is 127 Å². The highest BCUT2D eigenvalue weighted by atomic mass is 28.3. The number of halogens is 2. The molecule has 21 heavy (non-hydrogen) atoms.